The summed E-state index contributed by atoms with van der Waals surface area (Å²) in [5.41, 5.74) is 0.828. The Kier molecular flexibility index (Phi) is 6.19. The lowest BCUT2D eigenvalue weighted by Crippen LogP contribution is -2.45. The van der Waals surface area contributed by atoms with Crippen molar-refractivity contribution in [2.24, 2.45) is 5.92 Å². The smallest absolute Gasteiger partial charge is 0.317 e. The molecule has 2 amide bonds. The van der Waals surface area contributed by atoms with E-state index in [9.17, 15) is 9.59 Å². The maximum Gasteiger partial charge on any atom is 0.317 e. The Morgan fingerprint density at radius 1 is 1.43 bits per heavy atom. The topological polar surface area (TPSA) is 91.8 Å². The van der Waals surface area contributed by atoms with E-state index in [2.05, 4.69) is 10.3 Å². The highest BCUT2D eigenvalue weighted by molar-refractivity contribution is 5.75. The average Bonchev–Trinajstić information content (AvgIpc) is 2.58. The molecule has 23 heavy (non-hydrogen) atoms. The van der Waals surface area contributed by atoms with Crippen LogP contribution in [0.25, 0.3) is 0 Å². The fraction of sp³-hybridized carbons (Fsp3) is 0.562. The molecule has 0 aromatic carbocycles. The van der Waals surface area contributed by atoms with Crippen LogP contribution in [0.3, 0.4) is 0 Å². The summed E-state index contributed by atoms with van der Waals surface area (Å²) in [6, 6.07) is 3.49. The van der Waals surface area contributed by atoms with Gasteiger partial charge in [-0.05, 0) is 25.3 Å². The standard InChI is InChI=1S/C16H23N3O4/c1-2-10-23-14-13(4-3-7-17-14)11-18-16(22)19-8-5-12(6-9-19)15(20)21/h3-4,7,12H,2,5-6,8-11H2,1H3,(H,18,22)(H,20,21). The van der Waals surface area contributed by atoms with Crippen molar-refractivity contribution in [2.45, 2.75) is 32.7 Å². The molecule has 2 rings (SSSR count). The highest BCUT2D eigenvalue weighted by Crippen LogP contribution is 2.18. The molecule has 2 heterocycles. The number of rotatable bonds is 6. The van der Waals surface area contributed by atoms with E-state index in [1.807, 2.05) is 13.0 Å². The number of nitrogens with one attached hydrogen (secondary N) is 1. The number of amides is 2. The van der Waals surface area contributed by atoms with Crippen molar-refractivity contribution in [1.29, 1.82) is 0 Å². The number of carbonyl (C=O) groups is 2. The summed E-state index contributed by atoms with van der Waals surface area (Å²) >= 11 is 0. The van der Waals surface area contributed by atoms with Gasteiger partial charge in [-0.3, -0.25) is 4.79 Å². The third-order valence-corrected chi connectivity index (χ3v) is 3.85. The van der Waals surface area contributed by atoms with Gasteiger partial charge < -0.3 is 20.1 Å². The summed E-state index contributed by atoms with van der Waals surface area (Å²) in [5.74, 6) is -0.580. The lowest BCUT2D eigenvalue weighted by atomic mass is 9.97. The molecular weight excluding hydrogens is 298 g/mol. The number of likely N-dealkylation sites (tertiary alicyclic amines) is 1. The van der Waals surface area contributed by atoms with Crippen molar-refractivity contribution in [2.75, 3.05) is 19.7 Å². The van der Waals surface area contributed by atoms with Crippen molar-refractivity contribution >= 4 is 12.0 Å². The van der Waals surface area contributed by atoms with Crippen LogP contribution in [0.2, 0.25) is 0 Å². The summed E-state index contributed by atoms with van der Waals surface area (Å²) in [6.07, 6.45) is 3.55. The van der Waals surface area contributed by atoms with Gasteiger partial charge in [0, 0.05) is 31.4 Å². The van der Waals surface area contributed by atoms with E-state index in [4.69, 9.17) is 9.84 Å². The normalized spacial score (nSPS) is 15.3. The van der Waals surface area contributed by atoms with Gasteiger partial charge in [-0.2, -0.15) is 0 Å². The highest BCUT2D eigenvalue weighted by atomic mass is 16.5. The molecular formula is C16H23N3O4. The molecule has 2 N–H and O–H groups in total. The Morgan fingerprint density at radius 2 is 2.17 bits per heavy atom. The minimum absolute atomic E-state index is 0.181. The molecule has 0 bridgehead atoms. The number of urea groups is 1. The second-order valence-corrected chi connectivity index (χ2v) is 5.57. The van der Waals surface area contributed by atoms with E-state index in [1.54, 1.807) is 17.2 Å². The molecule has 0 spiro atoms. The van der Waals surface area contributed by atoms with Crippen LogP contribution in [0, 0.1) is 5.92 Å². The number of carboxylic acid groups (broad SMARTS) is 1. The van der Waals surface area contributed by atoms with Crippen LogP contribution in [-0.4, -0.2) is 46.7 Å². The lowest BCUT2D eigenvalue weighted by molar-refractivity contribution is -0.143. The SMILES string of the molecule is CCCOc1ncccc1CNC(=O)N1CCC(C(=O)O)CC1. The van der Waals surface area contributed by atoms with Gasteiger partial charge in [-0.1, -0.05) is 13.0 Å². The lowest BCUT2D eigenvalue weighted by Gasteiger charge is -2.30. The van der Waals surface area contributed by atoms with Crippen LogP contribution in [0.4, 0.5) is 4.79 Å². The number of carbonyl (C=O) groups excluding carboxylic acids is 1. The molecule has 0 aliphatic carbocycles. The fourth-order valence-electron chi connectivity index (χ4n) is 2.50. The molecule has 1 fully saturated rings. The predicted octanol–water partition coefficient (Wildman–Crippen LogP) is 1.88. The summed E-state index contributed by atoms with van der Waals surface area (Å²) in [5, 5.41) is 11.8. The van der Waals surface area contributed by atoms with Crippen LogP contribution in [-0.2, 0) is 11.3 Å². The van der Waals surface area contributed by atoms with Crippen LogP contribution in [0.5, 0.6) is 5.88 Å². The number of pyridine rings is 1. The average molecular weight is 321 g/mol. The van der Waals surface area contributed by atoms with Crippen LogP contribution >= 0.6 is 0 Å². The number of nitrogens with zero attached hydrogens (tertiary/aromatic N) is 2. The zero-order valence-electron chi connectivity index (χ0n) is 13.3. The van der Waals surface area contributed by atoms with Gasteiger partial charge in [-0.15, -0.1) is 0 Å². The van der Waals surface area contributed by atoms with Gasteiger partial charge in [-0.25, -0.2) is 9.78 Å². The van der Waals surface area contributed by atoms with Crippen LogP contribution < -0.4 is 10.1 Å². The van der Waals surface area contributed by atoms with Gasteiger partial charge >= 0.3 is 12.0 Å². The first kappa shape index (κ1) is 17.1. The number of ether oxygens (including phenoxy) is 1. The summed E-state index contributed by atoms with van der Waals surface area (Å²) < 4.78 is 5.56. The maximum atomic E-state index is 12.2. The summed E-state index contributed by atoms with van der Waals surface area (Å²) in [6.45, 7) is 3.88. The molecule has 7 nitrogen and oxygen atoms in total. The number of hydrogen-bond acceptors (Lipinski definition) is 4. The fourth-order valence-corrected chi connectivity index (χ4v) is 2.50. The number of aromatic nitrogens is 1. The van der Waals surface area contributed by atoms with E-state index < -0.39 is 5.97 Å². The molecule has 1 aromatic rings. The monoisotopic (exact) mass is 321 g/mol. The van der Waals surface area contributed by atoms with Crippen molar-refractivity contribution in [3.05, 3.63) is 23.9 Å². The summed E-state index contributed by atoms with van der Waals surface area (Å²) in [7, 11) is 0. The Bertz CT molecular complexity index is 542. The van der Waals surface area contributed by atoms with Crippen molar-refractivity contribution in [3.8, 4) is 5.88 Å². The van der Waals surface area contributed by atoms with E-state index in [1.165, 1.54) is 0 Å². The number of hydrogen-bond donors (Lipinski definition) is 2. The molecule has 0 radical (unpaired) electrons. The zero-order valence-corrected chi connectivity index (χ0v) is 13.3. The number of carboxylic acids is 1. The van der Waals surface area contributed by atoms with Crippen molar-refractivity contribution < 1.29 is 19.4 Å². The minimum Gasteiger partial charge on any atom is -0.481 e. The quantitative estimate of drug-likeness (QED) is 0.834. The zero-order chi connectivity index (χ0) is 16.7. The van der Waals surface area contributed by atoms with E-state index >= 15 is 0 Å². The molecule has 0 saturated carbocycles. The first-order valence-electron chi connectivity index (χ1n) is 7.94. The molecule has 1 aliphatic heterocycles. The van der Waals surface area contributed by atoms with Gasteiger partial charge in [0.05, 0.1) is 12.5 Å². The molecule has 0 atom stereocenters. The summed E-state index contributed by atoms with van der Waals surface area (Å²) in [4.78, 5) is 28.9. The van der Waals surface area contributed by atoms with Gasteiger partial charge in [0.25, 0.3) is 0 Å². The molecule has 0 unspecified atom stereocenters. The van der Waals surface area contributed by atoms with Crippen molar-refractivity contribution in [3.63, 3.8) is 0 Å². The molecule has 7 heteroatoms. The van der Waals surface area contributed by atoms with Crippen molar-refractivity contribution in [1.82, 2.24) is 15.2 Å². The van der Waals surface area contributed by atoms with Crippen LogP contribution in [0.1, 0.15) is 31.7 Å². The predicted molar refractivity (Wildman–Crippen MR) is 84.2 cm³/mol. The molecule has 126 valence electrons. The van der Waals surface area contributed by atoms with Gasteiger partial charge in [0.1, 0.15) is 0 Å². The number of piperidine rings is 1. The molecule has 1 saturated heterocycles. The second-order valence-electron chi connectivity index (χ2n) is 5.57. The number of aliphatic carboxylic acids is 1. The third kappa shape index (κ3) is 4.84. The molecule has 1 aliphatic rings. The Morgan fingerprint density at radius 3 is 2.83 bits per heavy atom. The Hall–Kier alpha value is -2.31. The Balaban J connectivity index is 1.84. The first-order chi connectivity index (χ1) is 11.1. The van der Waals surface area contributed by atoms with Crippen LogP contribution in [0.15, 0.2) is 18.3 Å². The maximum absolute atomic E-state index is 12.2. The van der Waals surface area contributed by atoms with Gasteiger partial charge in [0.2, 0.25) is 5.88 Å². The largest absolute Gasteiger partial charge is 0.481 e. The molecule has 1 aromatic heterocycles. The van der Waals surface area contributed by atoms with E-state index in [0.717, 1.165) is 12.0 Å². The highest BCUT2D eigenvalue weighted by Gasteiger charge is 2.26. The first-order valence-corrected chi connectivity index (χ1v) is 7.94. The Labute approximate surface area is 135 Å². The minimum atomic E-state index is -0.780. The second kappa shape index (κ2) is 8.36. The van der Waals surface area contributed by atoms with E-state index in [-0.39, 0.29) is 11.9 Å². The van der Waals surface area contributed by atoms with E-state index in [0.29, 0.717) is 45.0 Å². The third-order valence-electron chi connectivity index (χ3n) is 3.85. The van der Waals surface area contributed by atoms with Gasteiger partial charge in [0.15, 0.2) is 0 Å².